The number of hydrogen-bond acceptors (Lipinski definition) is 7. The van der Waals surface area contributed by atoms with E-state index in [1.807, 2.05) is 24.3 Å². The van der Waals surface area contributed by atoms with Gasteiger partial charge >= 0.3 is 0 Å². The van der Waals surface area contributed by atoms with E-state index in [4.69, 9.17) is 28.4 Å². The molecular formula is C29H41NO7. The SMILES string of the molecule is CCCCCOc1ccc(NC(=O)[C@H]2O[C@@H]3OC4(CCCCC4)O[C@@H]3[C@H]3OC4(CCCCC4)O[C@H]32)cc1. The minimum atomic E-state index is -0.847. The van der Waals surface area contributed by atoms with E-state index >= 15 is 0 Å². The van der Waals surface area contributed by atoms with Crippen LogP contribution in [0.5, 0.6) is 5.75 Å². The monoisotopic (exact) mass is 515 g/mol. The van der Waals surface area contributed by atoms with Crippen molar-refractivity contribution < 1.29 is 33.2 Å². The molecule has 2 aliphatic carbocycles. The van der Waals surface area contributed by atoms with Crippen molar-refractivity contribution in [2.24, 2.45) is 0 Å². The molecule has 5 atom stereocenters. The number of carbonyl (C=O) groups is 1. The molecule has 1 N–H and O–H groups in total. The normalized spacial score (nSPS) is 33.7. The van der Waals surface area contributed by atoms with Gasteiger partial charge in [-0.2, -0.15) is 0 Å². The predicted octanol–water partition coefficient (Wildman–Crippen LogP) is 5.44. The first-order chi connectivity index (χ1) is 18.1. The topological polar surface area (TPSA) is 84.5 Å². The summed E-state index contributed by atoms with van der Waals surface area (Å²) >= 11 is 0. The molecule has 1 amide bonds. The van der Waals surface area contributed by atoms with Crippen molar-refractivity contribution in [1.82, 2.24) is 0 Å². The lowest BCUT2D eigenvalue weighted by Crippen LogP contribution is -2.58. The van der Waals surface area contributed by atoms with Gasteiger partial charge < -0.3 is 33.7 Å². The molecule has 0 aromatic heterocycles. The zero-order valence-electron chi connectivity index (χ0n) is 22.0. The molecule has 204 valence electrons. The second-order valence-corrected chi connectivity index (χ2v) is 11.3. The van der Waals surface area contributed by atoms with Crippen LogP contribution in [0.15, 0.2) is 24.3 Å². The highest BCUT2D eigenvalue weighted by Crippen LogP contribution is 2.51. The third kappa shape index (κ3) is 5.28. The highest BCUT2D eigenvalue weighted by atomic mass is 16.9. The lowest BCUT2D eigenvalue weighted by atomic mass is 9.94. The first kappa shape index (κ1) is 25.6. The van der Waals surface area contributed by atoms with Crippen molar-refractivity contribution in [2.45, 2.75) is 133 Å². The van der Waals surface area contributed by atoms with Crippen LogP contribution in [0.2, 0.25) is 0 Å². The fourth-order valence-corrected chi connectivity index (χ4v) is 6.56. The molecule has 3 saturated heterocycles. The molecule has 8 nitrogen and oxygen atoms in total. The maximum absolute atomic E-state index is 13.6. The average molecular weight is 516 g/mol. The van der Waals surface area contributed by atoms with Gasteiger partial charge in [-0.3, -0.25) is 4.79 Å². The molecule has 5 aliphatic rings. The number of benzene rings is 1. The smallest absolute Gasteiger partial charge is 0.256 e. The average Bonchev–Trinajstić information content (AvgIpc) is 3.45. The van der Waals surface area contributed by atoms with Gasteiger partial charge in [0.1, 0.15) is 24.1 Å². The van der Waals surface area contributed by atoms with Crippen molar-refractivity contribution in [3.8, 4) is 5.75 Å². The van der Waals surface area contributed by atoms with Crippen LogP contribution in [-0.4, -0.2) is 54.8 Å². The molecule has 6 rings (SSSR count). The highest BCUT2D eigenvalue weighted by Gasteiger charge is 2.65. The van der Waals surface area contributed by atoms with Gasteiger partial charge in [-0.05, 0) is 56.4 Å². The van der Waals surface area contributed by atoms with Gasteiger partial charge in [0.05, 0.1) is 6.61 Å². The summed E-state index contributed by atoms with van der Waals surface area (Å²) in [5.41, 5.74) is 0.687. The van der Waals surface area contributed by atoms with Crippen LogP contribution >= 0.6 is 0 Å². The fourth-order valence-electron chi connectivity index (χ4n) is 6.56. The van der Waals surface area contributed by atoms with E-state index in [0.29, 0.717) is 12.3 Å². The largest absolute Gasteiger partial charge is 0.494 e. The number of unbranched alkanes of at least 4 members (excludes halogenated alkanes) is 2. The molecular weight excluding hydrogens is 474 g/mol. The van der Waals surface area contributed by atoms with E-state index in [-0.39, 0.29) is 5.91 Å². The van der Waals surface area contributed by atoms with E-state index < -0.39 is 42.3 Å². The Kier molecular flexibility index (Phi) is 7.47. The van der Waals surface area contributed by atoms with Crippen molar-refractivity contribution in [1.29, 1.82) is 0 Å². The Bertz CT molecular complexity index is 925. The number of carbonyl (C=O) groups excluding carboxylic acids is 1. The predicted molar refractivity (Wildman–Crippen MR) is 136 cm³/mol. The molecule has 5 fully saturated rings. The van der Waals surface area contributed by atoms with E-state index in [9.17, 15) is 4.79 Å². The molecule has 2 spiro atoms. The highest BCUT2D eigenvalue weighted by molar-refractivity contribution is 5.94. The molecule has 3 heterocycles. The molecule has 1 aromatic rings. The number of fused-ring (bicyclic) bond motifs is 3. The number of rotatable bonds is 7. The molecule has 37 heavy (non-hydrogen) atoms. The maximum Gasteiger partial charge on any atom is 0.256 e. The zero-order valence-corrected chi connectivity index (χ0v) is 22.0. The number of hydrogen-bond donors (Lipinski definition) is 1. The van der Waals surface area contributed by atoms with Gasteiger partial charge in [0.25, 0.3) is 5.91 Å². The molecule has 0 bridgehead atoms. The van der Waals surface area contributed by atoms with E-state index in [2.05, 4.69) is 12.2 Å². The van der Waals surface area contributed by atoms with E-state index in [0.717, 1.165) is 76.4 Å². The Hall–Kier alpha value is -1.71. The lowest BCUT2D eigenvalue weighted by Gasteiger charge is -2.36. The Balaban J connectivity index is 1.16. The minimum Gasteiger partial charge on any atom is -0.494 e. The third-order valence-electron chi connectivity index (χ3n) is 8.51. The molecule has 0 unspecified atom stereocenters. The van der Waals surface area contributed by atoms with Gasteiger partial charge in [-0.1, -0.05) is 32.6 Å². The first-order valence-corrected chi connectivity index (χ1v) is 14.5. The van der Waals surface area contributed by atoms with Crippen LogP contribution in [0, 0.1) is 0 Å². The molecule has 2 saturated carbocycles. The van der Waals surface area contributed by atoms with Gasteiger partial charge in [0, 0.05) is 31.4 Å². The molecule has 8 heteroatoms. The van der Waals surface area contributed by atoms with Crippen LogP contribution < -0.4 is 10.1 Å². The van der Waals surface area contributed by atoms with Gasteiger partial charge in [0.2, 0.25) is 0 Å². The number of nitrogens with one attached hydrogen (secondary N) is 1. The second-order valence-electron chi connectivity index (χ2n) is 11.3. The Labute approximate surface area is 219 Å². The van der Waals surface area contributed by atoms with Crippen molar-refractivity contribution >= 4 is 11.6 Å². The maximum atomic E-state index is 13.6. The van der Waals surface area contributed by atoms with Crippen molar-refractivity contribution in [3.63, 3.8) is 0 Å². The standard InChI is InChI=1S/C29H41NO7/c1-2-3-10-19-32-21-13-11-20(12-14-21)30-26(31)24-22-23(35-28(34-22)15-6-4-7-16-28)25-27(33-24)37-29(36-25)17-8-5-9-18-29/h11-14,22-25,27H,2-10,15-19H2,1H3,(H,30,31)/t22-,23+,24+,25-,27-/m1/s1. The molecule has 0 radical (unpaired) electrons. The van der Waals surface area contributed by atoms with Crippen molar-refractivity contribution in [2.75, 3.05) is 11.9 Å². The number of amides is 1. The Morgan fingerprint density at radius 1 is 0.838 bits per heavy atom. The summed E-state index contributed by atoms with van der Waals surface area (Å²) in [6, 6.07) is 7.48. The van der Waals surface area contributed by atoms with Crippen LogP contribution in [0.4, 0.5) is 5.69 Å². The summed E-state index contributed by atoms with van der Waals surface area (Å²) < 4.78 is 38.3. The zero-order chi connectivity index (χ0) is 25.3. The van der Waals surface area contributed by atoms with Crippen LogP contribution in [-0.2, 0) is 28.5 Å². The molecule has 1 aromatic carbocycles. The van der Waals surface area contributed by atoms with Crippen LogP contribution in [0.25, 0.3) is 0 Å². The summed E-state index contributed by atoms with van der Waals surface area (Å²) in [6.07, 6.45) is 10.5. The van der Waals surface area contributed by atoms with E-state index in [1.165, 1.54) is 12.8 Å². The summed E-state index contributed by atoms with van der Waals surface area (Å²) in [6.45, 7) is 2.87. The van der Waals surface area contributed by atoms with Crippen LogP contribution in [0.1, 0.15) is 90.4 Å². The summed E-state index contributed by atoms with van der Waals surface area (Å²) in [5, 5.41) is 3.02. The quantitative estimate of drug-likeness (QED) is 0.484. The van der Waals surface area contributed by atoms with Gasteiger partial charge in [0.15, 0.2) is 24.0 Å². The summed E-state index contributed by atoms with van der Waals surface area (Å²) in [5.74, 6) is -0.753. The Morgan fingerprint density at radius 3 is 2.14 bits per heavy atom. The number of ether oxygens (including phenoxy) is 6. The molecule has 3 aliphatic heterocycles. The first-order valence-electron chi connectivity index (χ1n) is 14.5. The van der Waals surface area contributed by atoms with Gasteiger partial charge in [-0.25, -0.2) is 0 Å². The Morgan fingerprint density at radius 2 is 1.46 bits per heavy atom. The van der Waals surface area contributed by atoms with Crippen LogP contribution in [0.3, 0.4) is 0 Å². The summed E-state index contributed by atoms with van der Waals surface area (Å²) in [7, 11) is 0. The fraction of sp³-hybridized carbons (Fsp3) is 0.759. The summed E-state index contributed by atoms with van der Waals surface area (Å²) in [4.78, 5) is 13.6. The number of anilines is 1. The van der Waals surface area contributed by atoms with Gasteiger partial charge in [-0.15, -0.1) is 0 Å². The third-order valence-corrected chi connectivity index (χ3v) is 8.51. The lowest BCUT2D eigenvalue weighted by molar-refractivity contribution is -0.246. The van der Waals surface area contributed by atoms with Crippen molar-refractivity contribution in [3.05, 3.63) is 24.3 Å². The minimum absolute atomic E-state index is 0.255. The second kappa shape index (κ2) is 10.8. The van der Waals surface area contributed by atoms with E-state index in [1.54, 1.807) is 0 Å².